The molecule has 0 amide bonds. The fraction of sp³-hybridized carbons (Fsp3) is 0.353. The minimum absolute atomic E-state index is 0.0325. The average Bonchev–Trinajstić information content (AvgIpc) is 2.48. The van der Waals surface area contributed by atoms with Crippen molar-refractivity contribution < 1.29 is 29.0 Å². The van der Waals surface area contributed by atoms with Gasteiger partial charge in [-0.25, -0.2) is 14.4 Å². The van der Waals surface area contributed by atoms with Gasteiger partial charge in [-0.15, -0.1) is 6.58 Å². The van der Waals surface area contributed by atoms with Gasteiger partial charge in [-0.2, -0.15) is 0 Å². The van der Waals surface area contributed by atoms with E-state index < -0.39 is 17.9 Å². The van der Waals surface area contributed by atoms with Crippen molar-refractivity contribution in [2.75, 3.05) is 13.2 Å². The maximum Gasteiger partial charge on any atom is 0.333 e. The number of carbonyl (C=O) groups excluding carboxylic acids is 2. The van der Waals surface area contributed by atoms with E-state index in [0.717, 1.165) is 0 Å². The second kappa shape index (κ2) is 13.1. The Morgan fingerprint density at radius 3 is 1.61 bits per heavy atom. The Labute approximate surface area is 136 Å². The molecular weight excluding hydrogens is 300 g/mol. The molecule has 0 spiro atoms. The first-order valence-corrected chi connectivity index (χ1v) is 6.80. The Morgan fingerprint density at radius 1 is 0.957 bits per heavy atom. The topological polar surface area (TPSA) is 89.9 Å². The number of aliphatic carboxylic acids is 1. The Kier molecular flexibility index (Phi) is 12.9. The van der Waals surface area contributed by atoms with Crippen LogP contribution < -0.4 is 0 Å². The van der Waals surface area contributed by atoms with E-state index in [1.807, 2.05) is 0 Å². The third kappa shape index (κ3) is 14.1. The van der Waals surface area contributed by atoms with Gasteiger partial charge in [-0.05, 0) is 26.7 Å². The zero-order chi connectivity index (χ0) is 18.4. The van der Waals surface area contributed by atoms with Crippen molar-refractivity contribution in [2.24, 2.45) is 0 Å². The van der Waals surface area contributed by atoms with Crippen LogP contribution in [0.25, 0.3) is 0 Å². The molecule has 1 N–H and O–H groups in total. The second-order valence-electron chi connectivity index (χ2n) is 4.57. The first-order chi connectivity index (χ1) is 10.6. The highest BCUT2D eigenvalue weighted by molar-refractivity contribution is 5.87. The van der Waals surface area contributed by atoms with E-state index in [9.17, 15) is 14.4 Å². The summed E-state index contributed by atoms with van der Waals surface area (Å²) in [6.45, 7) is 16.8. The quantitative estimate of drug-likeness (QED) is 0.303. The summed E-state index contributed by atoms with van der Waals surface area (Å²) in [5, 5.41) is 8.27. The third-order valence-corrected chi connectivity index (χ3v) is 2.20. The van der Waals surface area contributed by atoms with Crippen molar-refractivity contribution in [3.05, 3.63) is 49.1 Å². The zero-order valence-corrected chi connectivity index (χ0v) is 13.7. The predicted molar refractivity (Wildman–Crippen MR) is 87.8 cm³/mol. The molecule has 0 unspecified atom stereocenters. The largest absolute Gasteiger partial charge is 0.478 e. The number of ether oxygens (including phenoxy) is 2. The number of hydrogen-bond donors (Lipinski definition) is 1. The van der Waals surface area contributed by atoms with Crippen LogP contribution in [0.15, 0.2) is 49.1 Å². The lowest BCUT2D eigenvalue weighted by molar-refractivity contribution is -0.147. The summed E-state index contributed by atoms with van der Waals surface area (Å²) in [6.07, 6.45) is 2.86. The summed E-state index contributed by atoms with van der Waals surface area (Å²) in [6, 6.07) is 0. The van der Waals surface area contributed by atoms with Gasteiger partial charge < -0.3 is 14.6 Å². The molecule has 0 aromatic heterocycles. The monoisotopic (exact) mass is 324 g/mol. The molecule has 23 heavy (non-hydrogen) atoms. The van der Waals surface area contributed by atoms with Crippen molar-refractivity contribution in [1.29, 1.82) is 0 Å². The lowest BCUT2D eigenvalue weighted by atomic mass is 10.2. The molecule has 0 fully saturated rings. The third-order valence-electron chi connectivity index (χ3n) is 2.20. The standard InChI is InChI=1S/C10H14O4.C7H10O2/c1-7(2)9(11)13-5-6-14-10(12)8(3)4;1-3-4-5-6(2)7(8)9/h1,3,5-6H2,2,4H3;3H,1-2,4-5H2,(H,8,9). The molecular formula is C17H24O6. The van der Waals surface area contributed by atoms with Crippen LogP contribution in [0, 0.1) is 0 Å². The van der Waals surface area contributed by atoms with Gasteiger partial charge in [-0.3, -0.25) is 0 Å². The number of esters is 2. The lowest BCUT2D eigenvalue weighted by Crippen LogP contribution is -2.14. The number of hydrogen-bond acceptors (Lipinski definition) is 5. The Morgan fingerprint density at radius 2 is 1.35 bits per heavy atom. The highest BCUT2D eigenvalue weighted by Crippen LogP contribution is 2.01. The summed E-state index contributed by atoms with van der Waals surface area (Å²) in [7, 11) is 0. The van der Waals surface area contributed by atoms with Crippen LogP contribution in [0.2, 0.25) is 0 Å². The molecule has 0 saturated heterocycles. The first kappa shape index (κ1) is 22.6. The van der Waals surface area contributed by atoms with Crippen LogP contribution in [-0.4, -0.2) is 36.2 Å². The number of carbonyl (C=O) groups is 3. The van der Waals surface area contributed by atoms with Crippen molar-refractivity contribution in [3.8, 4) is 0 Å². The molecule has 0 rings (SSSR count). The van der Waals surface area contributed by atoms with E-state index in [-0.39, 0.29) is 18.8 Å². The van der Waals surface area contributed by atoms with E-state index in [4.69, 9.17) is 5.11 Å². The molecule has 6 nitrogen and oxygen atoms in total. The van der Waals surface area contributed by atoms with Crippen molar-refractivity contribution >= 4 is 17.9 Å². The Balaban J connectivity index is 0. The van der Waals surface area contributed by atoms with Gasteiger partial charge in [0, 0.05) is 16.7 Å². The van der Waals surface area contributed by atoms with Gasteiger partial charge >= 0.3 is 17.9 Å². The molecule has 0 radical (unpaired) electrons. The van der Waals surface area contributed by atoms with Crippen LogP contribution in [0.4, 0.5) is 0 Å². The first-order valence-electron chi connectivity index (χ1n) is 6.80. The number of allylic oxidation sites excluding steroid dienone is 1. The van der Waals surface area contributed by atoms with Gasteiger partial charge in [0.25, 0.3) is 0 Å². The van der Waals surface area contributed by atoms with Crippen LogP contribution in [0.3, 0.4) is 0 Å². The van der Waals surface area contributed by atoms with Crippen molar-refractivity contribution in [2.45, 2.75) is 26.7 Å². The molecule has 6 heteroatoms. The highest BCUT2D eigenvalue weighted by Gasteiger charge is 2.05. The van der Waals surface area contributed by atoms with E-state index >= 15 is 0 Å². The summed E-state index contributed by atoms with van der Waals surface area (Å²) < 4.78 is 9.38. The van der Waals surface area contributed by atoms with Gasteiger partial charge in [0.15, 0.2) is 0 Å². The maximum absolute atomic E-state index is 10.8. The van der Waals surface area contributed by atoms with Crippen LogP contribution >= 0.6 is 0 Å². The molecule has 0 aliphatic heterocycles. The van der Waals surface area contributed by atoms with E-state index in [1.54, 1.807) is 19.9 Å². The smallest absolute Gasteiger partial charge is 0.333 e. The molecule has 0 heterocycles. The molecule has 0 atom stereocenters. The molecule has 128 valence electrons. The SMILES string of the molecule is C=C(C)C(=O)OCCOC(=O)C(=C)C.C=CCCC(=C)C(=O)O. The molecule has 0 saturated carbocycles. The van der Waals surface area contributed by atoms with E-state index in [0.29, 0.717) is 24.0 Å². The van der Waals surface area contributed by atoms with Crippen molar-refractivity contribution in [1.82, 2.24) is 0 Å². The van der Waals surface area contributed by atoms with Gasteiger partial charge in [0.05, 0.1) is 0 Å². The minimum Gasteiger partial charge on any atom is -0.478 e. The molecule has 0 bridgehead atoms. The van der Waals surface area contributed by atoms with E-state index in [2.05, 4.69) is 35.8 Å². The fourth-order valence-electron chi connectivity index (χ4n) is 0.898. The highest BCUT2D eigenvalue weighted by atomic mass is 16.6. The summed E-state index contributed by atoms with van der Waals surface area (Å²) in [4.78, 5) is 31.8. The average molecular weight is 324 g/mol. The maximum atomic E-state index is 10.8. The van der Waals surface area contributed by atoms with E-state index in [1.165, 1.54) is 0 Å². The fourth-order valence-corrected chi connectivity index (χ4v) is 0.898. The lowest BCUT2D eigenvalue weighted by Gasteiger charge is -2.05. The van der Waals surface area contributed by atoms with Crippen LogP contribution in [-0.2, 0) is 23.9 Å². The number of rotatable bonds is 9. The second-order valence-corrected chi connectivity index (χ2v) is 4.57. The molecule has 0 aromatic rings. The summed E-state index contributed by atoms with van der Waals surface area (Å²) >= 11 is 0. The Bertz CT molecular complexity index is 459. The predicted octanol–water partition coefficient (Wildman–Crippen LogP) is 2.82. The van der Waals surface area contributed by atoms with Gasteiger partial charge in [0.2, 0.25) is 0 Å². The summed E-state index contributed by atoms with van der Waals surface area (Å²) in [5.41, 5.74) is 0.877. The summed E-state index contributed by atoms with van der Waals surface area (Å²) in [5.74, 6) is -1.90. The number of carboxylic acids is 1. The van der Waals surface area contributed by atoms with Crippen LogP contribution in [0.5, 0.6) is 0 Å². The molecule has 0 aliphatic carbocycles. The molecule has 0 aliphatic rings. The zero-order valence-electron chi connectivity index (χ0n) is 13.7. The Hall–Kier alpha value is -2.63. The van der Waals surface area contributed by atoms with Gasteiger partial charge in [-0.1, -0.05) is 25.8 Å². The minimum atomic E-state index is -0.920. The molecule has 0 aromatic carbocycles. The van der Waals surface area contributed by atoms with Crippen LogP contribution in [0.1, 0.15) is 26.7 Å². The van der Waals surface area contributed by atoms with Crippen molar-refractivity contribution in [3.63, 3.8) is 0 Å². The number of carboxylic acid groups (broad SMARTS) is 1. The van der Waals surface area contributed by atoms with Gasteiger partial charge in [0.1, 0.15) is 13.2 Å². The normalized spacial score (nSPS) is 8.78.